The Labute approximate surface area is 102 Å². The van der Waals surface area contributed by atoms with Crippen LogP contribution in [0.15, 0.2) is 0 Å². The average Bonchev–Trinajstić information content (AvgIpc) is 2.25. The Morgan fingerprint density at radius 3 is 2.81 bits per heavy atom. The van der Waals surface area contributed by atoms with Crippen molar-refractivity contribution in [3.05, 3.63) is 0 Å². The molecule has 3 nitrogen and oxygen atoms in total. The first-order valence-corrected chi connectivity index (χ1v) is 7.89. The fraction of sp³-hybridized carbons (Fsp3) is 1.00. The quantitative estimate of drug-likeness (QED) is 0.769. The molecule has 0 bridgehead atoms. The van der Waals surface area contributed by atoms with Crippen LogP contribution in [0, 0.1) is 0 Å². The number of nitrogens with zero attached hydrogens (tertiary/aromatic N) is 1. The minimum Gasteiger partial charge on any atom is -0.328 e. The van der Waals surface area contributed by atoms with Crippen LogP contribution in [0.2, 0.25) is 0 Å². The zero-order valence-electron chi connectivity index (χ0n) is 10.7. The Hall–Kier alpha value is 0.0700. The molecule has 0 amide bonds. The smallest absolute Gasteiger partial charge is 0.0249 e. The molecule has 2 N–H and O–H groups in total. The molecule has 0 aromatic carbocycles. The molecule has 96 valence electrons. The highest BCUT2D eigenvalue weighted by Gasteiger charge is 2.19. The Balaban J connectivity index is 2.15. The highest BCUT2D eigenvalue weighted by molar-refractivity contribution is 7.84. The number of nitrogens with two attached hydrogens (primary N) is 1. The van der Waals surface area contributed by atoms with Crippen LogP contribution in [0.3, 0.4) is 0 Å². The minimum absolute atomic E-state index is 0.182. The molecule has 0 radical (unpaired) electrons. The molecule has 0 spiro atoms. The highest BCUT2D eigenvalue weighted by Crippen LogP contribution is 2.17. The predicted molar refractivity (Wildman–Crippen MR) is 71.0 cm³/mol. The van der Waals surface area contributed by atoms with Gasteiger partial charge in [0.25, 0.3) is 0 Å². The Kier molecular flexibility index (Phi) is 6.54. The Morgan fingerprint density at radius 1 is 1.44 bits per heavy atom. The zero-order chi connectivity index (χ0) is 12.0. The van der Waals surface area contributed by atoms with E-state index in [9.17, 15) is 4.21 Å². The second-order valence-electron chi connectivity index (χ2n) is 5.03. The maximum absolute atomic E-state index is 11.7. The van der Waals surface area contributed by atoms with Crippen LogP contribution in [-0.2, 0) is 10.8 Å². The molecule has 0 aromatic heterocycles. The lowest BCUT2D eigenvalue weighted by Crippen LogP contribution is -2.37. The largest absolute Gasteiger partial charge is 0.328 e. The van der Waals surface area contributed by atoms with Crippen molar-refractivity contribution in [3.63, 3.8) is 0 Å². The van der Waals surface area contributed by atoms with Crippen molar-refractivity contribution in [3.8, 4) is 0 Å². The van der Waals surface area contributed by atoms with E-state index in [-0.39, 0.29) is 6.04 Å². The summed E-state index contributed by atoms with van der Waals surface area (Å²) in [4.78, 5) is 2.42. The Bertz CT molecular complexity index is 221. The van der Waals surface area contributed by atoms with E-state index in [0.717, 1.165) is 24.3 Å². The molecule has 4 heteroatoms. The maximum atomic E-state index is 11.7. The maximum Gasteiger partial charge on any atom is 0.0249 e. The molecule has 1 heterocycles. The van der Waals surface area contributed by atoms with Crippen molar-refractivity contribution in [2.75, 3.05) is 25.1 Å². The van der Waals surface area contributed by atoms with Gasteiger partial charge in [0.2, 0.25) is 0 Å². The third kappa shape index (κ3) is 5.41. The Morgan fingerprint density at radius 2 is 2.19 bits per heavy atom. The van der Waals surface area contributed by atoms with Gasteiger partial charge in [-0.1, -0.05) is 6.42 Å². The van der Waals surface area contributed by atoms with Crippen molar-refractivity contribution in [1.82, 2.24) is 4.90 Å². The predicted octanol–water partition coefficient (Wildman–Crippen LogP) is 1.35. The fourth-order valence-electron chi connectivity index (χ4n) is 2.20. The van der Waals surface area contributed by atoms with Gasteiger partial charge >= 0.3 is 0 Å². The summed E-state index contributed by atoms with van der Waals surface area (Å²) in [5.41, 5.74) is 5.66. The monoisotopic (exact) mass is 246 g/mol. The molecule has 1 fully saturated rings. The van der Waals surface area contributed by atoms with Crippen molar-refractivity contribution in [2.45, 2.75) is 51.1 Å². The first kappa shape index (κ1) is 14.1. The number of hydrogen-bond acceptors (Lipinski definition) is 3. The van der Waals surface area contributed by atoms with Crippen LogP contribution in [0.4, 0.5) is 0 Å². The van der Waals surface area contributed by atoms with Crippen molar-refractivity contribution in [2.24, 2.45) is 5.73 Å². The van der Waals surface area contributed by atoms with Crippen LogP contribution in [0.25, 0.3) is 0 Å². The average molecular weight is 246 g/mol. The molecule has 3 atom stereocenters. The third-order valence-electron chi connectivity index (χ3n) is 3.40. The van der Waals surface area contributed by atoms with Crippen molar-refractivity contribution < 1.29 is 4.21 Å². The van der Waals surface area contributed by atoms with Crippen molar-refractivity contribution >= 4 is 10.8 Å². The summed E-state index contributed by atoms with van der Waals surface area (Å²) < 4.78 is 11.7. The van der Waals surface area contributed by atoms with E-state index in [4.69, 9.17) is 5.73 Å². The molecular formula is C12H26N2OS. The molecule has 3 unspecified atom stereocenters. The molecular weight excluding hydrogens is 220 g/mol. The molecule has 1 rings (SSSR count). The van der Waals surface area contributed by atoms with Gasteiger partial charge in [-0.05, 0) is 46.2 Å². The summed E-state index contributed by atoms with van der Waals surface area (Å²) in [7, 11) is 1.53. The number of hydrogen-bond donors (Lipinski definition) is 1. The van der Waals surface area contributed by atoms with E-state index >= 15 is 0 Å². The minimum atomic E-state index is -0.664. The summed E-state index contributed by atoms with van der Waals surface area (Å²) >= 11 is 0. The lowest BCUT2D eigenvalue weighted by Gasteiger charge is -2.32. The first-order chi connectivity index (χ1) is 7.59. The second kappa shape index (κ2) is 7.41. The van der Waals surface area contributed by atoms with Gasteiger partial charge in [-0.25, -0.2) is 0 Å². The van der Waals surface area contributed by atoms with Gasteiger partial charge in [-0.2, -0.15) is 0 Å². The van der Waals surface area contributed by atoms with Gasteiger partial charge in [-0.15, -0.1) is 0 Å². The number of piperidine rings is 1. The zero-order valence-corrected chi connectivity index (χ0v) is 11.5. The summed E-state index contributed by atoms with van der Waals surface area (Å²) in [5, 5.41) is 0. The summed E-state index contributed by atoms with van der Waals surface area (Å²) in [5.74, 6) is 1.62. The number of rotatable bonds is 6. The van der Waals surface area contributed by atoms with E-state index in [1.807, 2.05) is 6.92 Å². The van der Waals surface area contributed by atoms with Crippen LogP contribution in [0.1, 0.15) is 39.0 Å². The molecule has 0 aromatic rings. The van der Waals surface area contributed by atoms with Gasteiger partial charge in [0.05, 0.1) is 0 Å². The molecule has 16 heavy (non-hydrogen) atoms. The molecule has 0 saturated carbocycles. The summed E-state index contributed by atoms with van der Waals surface area (Å²) in [6, 6.07) is 0.842. The van der Waals surface area contributed by atoms with Crippen LogP contribution in [0.5, 0.6) is 0 Å². The van der Waals surface area contributed by atoms with E-state index in [2.05, 4.69) is 11.9 Å². The van der Waals surface area contributed by atoms with Gasteiger partial charge < -0.3 is 10.6 Å². The molecule has 1 saturated heterocycles. The normalized spacial score (nSPS) is 26.6. The van der Waals surface area contributed by atoms with Crippen LogP contribution >= 0.6 is 0 Å². The lowest BCUT2D eigenvalue weighted by atomic mass is 10.0. The standard InChI is InChI=1S/C12H26N2OS/c1-11(13)6-9-16(15)10-7-12-5-3-4-8-14(12)2/h11-12H,3-10,13H2,1-2H3. The molecule has 1 aliphatic heterocycles. The van der Waals surface area contributed by atoms with Gasteiger partial charge in [-0.3, -0.25) is 4.21 Å². The topological polar surface area (TPSA) is 46.3 Å². The van der Waals surface area contributed by atoms with Gasteiger partial charge in [0, 0.05) is 34.4 Å². The summed E-state index contributed by atoms with van der Waals surface area (Å²) in [6.07, 6.45) is 5.90. The number of likely N-dealkylation sites (tertiary alicyclic amines) is 1. The summed E-state index contributed by atoms with van der Waals surface area (Å²) in [6.45, 7) is 3.18. The molecule has 0 aliphatic carbocycles. The van der Waals surface area contributed by atoms with E-state index in [0.29, 0.717) is 6.04 Å². The van der Waals surface area contributed by atoms with Crippen LogP contribution in [-0.4, -0.2) is 46.3 Å². The van der Waals surface area contributed by atoms with E-state index < -0.39 is 10.8 Å². The van der Waals surface area contributed by atoms with Gasteiger partial charge in [0.15, 0.2) is 0 Å². The van der Waals surface area contributed by atoms with Crippen molar-refractivity contribution in [1.29, 1.82) is 0 Å². The fourth-order valence-corrected chi connectivity index (χ4v) is 3.57. The second-order valence-corrected chi connectivity index (χ2v) is 6.73. The highest BCUT2D eigenvalue weighted by atomic mass is 32.2. The van der Waals surface area contributed by atoms with Crippen LogP contribution < -0.4 is 5.73 Å². The van der Waals surface area contributed by atoms with E-state index in [1.54, 1.807) is 0 Å². The lowest BCUT2D eigenvalue weighted by molar-refractivity contribution is 0.182. The van der Waals surface area contributed by atoms with Gasteiger partial charge in [0.1, 0.15) is 0 Å². The van der Waals surface area contributed by atoms with E-state index in [1.165, 1.54) is 25.8 Å². The molecule has 1 aliphatic rings. The third-order valence-corrected chi connectivity index (χ3v) is 4.78. The first-order valence-electron chi connectivity index (χ1n) is 6.40. The SMILES string of the molecule is CC(N)CCS(=O)CCC1CCCCN1C.